The van der Waals surface area contributed by atoms with Gasteiger partial charge in [0.05, 0.1) is 29.1 Å². The van der Waals surface area contributed by atoms with Crippen molar-refractivity contribution in [2.24, 2.45) is 16.7 Å². The van der Waals surface area contributed by atoms with Gasteiger partial charge in [-0.1, -0.05) is 10.2 Å². The van der Waals surface area contributed by atoms with E-state index in [4.69, 9.17) is 25.5 Å². The Morgan fingerprint density at radius 3 is 1.47 bits per heavy atom. The zero-order valence-corrected chi connectivity index (χ0v) is 47.9. The number of nitrogens with two attached hydrogens (primary N) is 2. The lowest BCUT2D eigenvalue weighted by Gasteiger charge is -2.29. The van der Waals surface area contributed by atoms with Crippen molar-refractivity contribution >= 4 is 105 Å². The Hall–Kier alpha value is -7.05. The Labute approximate surface area is 471 Å². The van der Waals surface area contributed by atoms with E-state index >= 15 is 0 Å². The second kappa shape index (κ2) is 30.0. The van der Waals surface area contributed by atoms with E-state index in [0.29, 0.717) is 50.7 Å². The third-order valence-corrected chi connectivity index (χ3v) is 12.2. The molecule has 0 spiro atoms. The Morgan fingerprint density at radius 2 is 1.04 bits per heavy atom. The van der Waals surface area contributed by atoms with Gasteiger partial charge in [0.2, 0.25) is 11.8 Å². The van der Waals surface area contributed by atoms with Gasteiger partial charge in [-0.05, 0) is 155 Å². The second-order valence-corrected chi connectivity index (χ2v) is 19.5. The van der Waals surface area contributed by atoms with Gasteiger partial charge in [-0.15, -0.1) is 10.2 Å². The molecule has 0 radical (unpaired) electrons. The van der Waals surface area contributed by atoms with Crippen molar-refractivity contribution in [1.29, 1.82) is 0 Å². The number of hydrazone groups is 1. The summed E-state index contributed by atoms with van der Waals surface area (Å²) >= 11 is 12.0. The molecule has 0 unspecified atom stereocenters. The van der Waals surface area contributed by atoms with Crippen molar-refractivity contribution in [2.75, 3.05) is 83.2 Å². The topological polar surface area (TPSA) is 263 Å². The van der Waals surface area contributed by atoms with Crippen molar-refractivity contribution < 1.29 is 50.3 Å². The van der Waals surface area contributed by atoms with Gasteiger partial charge < -0.3 is 44.6 Å². The van der Waals surface area contributed by atoms with Crippen LogP contribution in [0.15, 0.2) is 123 Å². The van der Waals surface area contributed by atoms with E-state index in [2.05, 4.69) is 100.0 Å². The zero-order chi connectivity index (χ0) is 57.1. The van der Waals surface area contributed by atoms with Gasteiger partial charge in [0.25, 0.3) is 5.91 Å². The number of rotatable bonds is 9. The number of nitrogens with one attached hydrogen (secondary N) is 3. The van der Waals surface area contributed by atoms with Crippen LogP contribution in [0.2, 0.25) is 0 Å². The molecule has 0 bridgehead atoms. The van der Waals surface area contributed by atoms with Gasteiger partial charge in [-0.25, -0.2) is 42.8 Å². The molecule has 20 nitrogen and oxygen atoms in total. The number of carboxylic acids is 1. The van der Waals surface area contributed by atoms with Crippen LogP contribution in [-0.2, 0) is 0 Å². The lowest BCUT2D eigenvalue weighted by molar-refractivity contribution is 0.0696. The number of nitrogens with zero attached hydrogens (tertiary/aromatic N) is 9. The van der Waals surface area contributed by atoms with E-state index in [9.17, 15) is 36.3 Å². The van der Waals surface area contributed by atoms with Gasteiger partial charge in [-0.2, -0.15) is 5.10 Å². The van der Waals surface area contributed by atoms with Crippen LogP contribution in [0.5, 0.6) is 0 Å². The fourth-order valence-electron chi connectivity index (χ4n) is 5.73. The van der Waals surface area contributed by atoms with E-state index in [1.807, 2.05) is 24.4 Å². The number of carbonyl (C=O) groups excluding carboxylic acids is 2. The van der Waals surface area contributed by atoms with Crippen LogP contribution in [0.3, 0.4) is 0 Å². The van der Waals surface area contributed by atoms with Crippen LogP contribution in [0, 0.1) is 29.1 Å². The summed E-state index contributed by atoms with van der Waals surface area (Å²) in [6.07, 6.45) is 0. The summed E-state index contributed by atoms with van der Waals surface area (Å²) in [5.74, 6) is 2.41. The van der Waals surface area contributed by atoms with E-state index in [1.54, 1.807) is 62.3 Å². The maximum Gasteiger partial charge on any atom is 0.337 e. The molecular formula is C48H49Br4F5N14O6. The average molecular weight is 1330 g/mol. The maximum atomic E-state index is 14.1. The summed E-state index contributed by atoms with van der Waals surface area (Å²) in [4.78, 5) is 39.2. The molecule has 1 aliphatic heterocycles. The smallest absolute Gasteiger partial charge is 0.337 e. The van der Waals surface area contributed by atoms with E-state index in [1.165, 1.54) is 65.6 Å². The minimum Gasteiger partial charge on any atom is -0.478 e. The fraction of sp³-hybridized carbons (Fsp3) is 0.208. The number of anilines is 3. The van der Waals surface area contributed by atoms with Crippen molar-refractivity contribution in [3.8, 4) is 22.9 Å². The Kier molecular flexibility index (Phi) is 24.4. The molecule has 0 aliphatic carbocycles. The van der Waals surface area contributed by atoms with Crippen molar-refractivity contribution in [1.82, 2.24) is 41.5 Å². The lowest BCUT2D eigenvalue weighted by Crippen LogP contribution is -2.43. The van der Waals surface area contributed by atoms with Crippen molar-refractivity contribution in [2.45, 2.75) is 0 Å². The highest BCUT2D eigenvalue weighted by Gasteiger charge is 2.18. The van der Waals surface area contributed by atoms with Crippen molar-refractivity contribution in [3.05, 3.63) is 155 Å². The predicted molar refractivity (Wildman–Crippen MR) is 295 cm³/mol. The molecule has 8 rings (SSSR count). The Bertz CT molecular complexity index is 3160. The summed E-state index contributed by atoms with van der Waals surface area (Å²) in [5.41, 5.74) is 12.7. The number of carbonyl (C=O) groups is 3. The number of aromatic nitrogens is 4. The first-order chi connectivity index (χ1) is 36.4. The summed E-state index contributed by atoms with van der Waals surface area (Å²) in [5, 5.41) is 31.1. The first-order valence-electron chi connectivity index (χ1n) is 22.0. The summed E-state index contributed by atoms with van der Waals surface area (Å²) in [6.45, 7) is 3.28. The summed E-state index contributed by atoms with van der Waals surface area (Å²) in [7, 11) is 10.4. The van der Waals surface area contributed by atoms with Gasteiger partial charge >= 0.3 is 24.0 Å². The standard InChI is InChI=1S/C14H18FN5O.C10H12BrFN4O.C10H9BrFN3O.C7H6BrFN2O.C7H4BrFO2/c1-19(2)14-18-17-13(21-14)10-3-4-11(15)12(9-10)20-7-5-16-6-8-20;1-16(2)10(17)15-14-9(13)6-3-4-8(12)7(11)5-6;1-15(2)10-14-13-9(16-10)6-3-4-8(12)7(11)5-6;8-5-3-4(7(12)11-10)1-2-6(5)9;8-5-3-4(7(10)11)1-2-6(5)9/h3-4,9,16H,5-8H2,1-2H3;3-5H,1-2H3,(H2,13,14)(H,15,17);3-5H,1-2H3;1-3H,10H2,(H,11,12);1-3H,(H,10,11). The minimum absolute atomic E-state index is 0.0678. The number of hydrogen-bond donors (Lipinski definition) is 6. The SMILES string of the molecule is CN(C)C(=O)NN=C(N)c1ccc(F)c(Br)c1.CN(C)c1nnc(-c2ccc(F)c(Br)c2)o1.CN(C)c1nnc(-c2ccc(F)c(N3CCNCC3)c2)o1.NNC(=O)c1ccc(F)c(Br)c1.O=C(O)c1ccc(F)c(Br)c1. The summed E-state index contributed by atoms with van der Waals surface area (Å²) in [6, 6.07) is 21.5. The molecule has 77 heavy (non-hydrogen) atoms. The molecule has 410 valence electrons. The third-order valence-electron chi connectivity index (χ3n) is 9.78. The second-order valence-electron chi connectivity index (χ2n) is 16.1. The summed E-state index contributed by atoms with van der Waals surface area (Å²) < 4.78 is 77.3. The third kappa shape index (κ3) is 19.2. The fourth-order valence-corrected chi connectivity index (χ4v) is 7.24. The molecule has 1 saturated heterocycles. The molecule has 2 aromatic heterocycles. The van der Waals surface area contributed by atoms with Crippen LogP contribution in [0.1, 0.15) is 26.3 Å². The lowest BCUT2D eigenvalue weighted by atomic mass is 10.1. The highest BCUT2D eigenvalue weighted by molar-refractivity contribution is 9.11. The number of carboxylic acid groups (broad SMARTS) is 1. The molecule has 5 aromatic carbocycles. The maximum absolute atomic E-state index is 14.1. The number of halogens is 9. The first-order valence-corrected chi connectivity index (χ1v) is 25.2. The van der Waals surface area contributed by atoms with Crippen LogP contribution in [0.4, 0.5) is 44.5 Å². The van der Waals surface area contributed by atoms with Crippen LogP contribution < -0.4 is 42.4 Å². The quantitative estimate of drug-likeness (QED) is 0.0197. The largest absolute Gasteiger partial charge is 0.478 e. The van der Waals surface area contributed by atoms with E-state index < -0.39 is 29.5 Å². The molecule has 7 aromatic rings. The molecule has 8 N–H and O–H groups in total. The van der Waals surface area contributed by atoms with Gasteiger partial charge in [0.15, 0.2) is 5.84 Å². The van der Waals surface area contributed by atoms with Crippen molar-refractivity contribution in [3.63, 3.8) is 0 Å². The molecular weight excluding hydrogens is 1280 g/mol. The van der Waals surface area contributed by atoms with Gasteiger partial charge in [-0.3, -0.25) is 10.2 Å². The number of amides is 3. The van der Waals surface area contributed by atoms with Gasteiger partial charge in [0.1, 0.15) is 29.1 Å². The number of amidine groups is 1. The number of aromatic carboxylic acids is 1. The minimum atomic E-state index is -1.06. The number of urea groups is 1. The molecule has 1 aliphatic rings. The number of hydrazine groups is 1. The average Bonchev–Trinajstić information content (AvgIpc) is 4.12. The highest BCUT2D eigenvalue weighted by Crippen LogP contribution is 2.29. The Balaban J connectivity index is 0.000000212. The number of hydrogen-bond acceptors (Lipinski definition) is 15. The number of nitrogen functional groups attached to an aromatic ring is 1. The van der Waals surface area contributed by atoms with Crippen LogP contribution in [0.25, 0.3) is 22.9 Å². The normalized spacial score (nSPS) is 11.7. The molecule has 3 amide bonds. The van der Waals surface area contributed by atoms with Gasteiger partial charge in [0, 0.05) is 90.7 Å². The molecule has 0 atom stereocenters. The Morgan fingerprint density at radius 1 is 0.623 bits per heavy atom. The van der Waals surface area contributed by atoms with Crippen LogP contribution in [-0.4, -0.2) is 123 Å². The monoisotopic (exact) mass is 1330 g/mol. The molecule has 29 heteroatoms. The zero-order valence-electron chi connectivity index (χ0n) is 41.6. The number of piperazine rings is 1. The molecule has 3 heterocycles. The van der Waals surface area contributed by atoms with E-state index in [0.717, 1.165) is 37.8 Å². The first kappa shape index (κ1) is 62.5. The molecule has 0 saturated carbocycles. The van der Waals surface area contributed by atoms with Crippen LogP contribution >= 0.6 is 63.7 Å². The molecule has 1 fully saturated rings. The number of benzene rings is 5. The van der Waals surface area contributed by atoms with E-state index in [-0.39, 0.29) is 42.3 Å². The predicted octanol–water partition coefficient (Wildman–Crippen LogP) is 9.01. The highest BCUT2D eigenvalue weighted by atomic mass is 79.9.